The number of fused-ring (bicyclic) bond motifs is 1. The Hall–Kier alpha value is -2.01. The molecule has 0 radical (unpaired) electrons. The molecular formula is C18H24N2O3. The third-order valence-electron chi connectivity index (χ3n) is 4.45. The van der Waals surface area contributed by atoms with Crippen molar-refractivity contribution in [2.75, 3.05) is 34.3 Å². The second-order valence-corrected chi connectivity index (χ2v) is 6.42. The van der Waals surface area contributed by atoms with Crippen molar-refractivity contribution < 1.29 is 13.9 Å². The Balaban J connectivity index is 1.70. The summed E-state index contributed by atoms with van der Waals surface area (Å²) in [4.78, 5) is 16.2. The zero-order valence-corrected chi connectivity index (χ0v) is 14.0. The van der Waals surface area contributed by atoms with Crippen LogP contribution < -0.4 is 4.74 Å². The average Bonchev–Trinajstić information content (AvgIpc) is 2.95. The fourth-order valence-electron chi connectivity index (χ4n) is 3.27. The Kier molecular flexibility index (Phi) is 4.57. The van der Waals surface area contributed by atoms with Crippen LogP contribution in [-0.4, -0.2) is 50.0 Å². The summed E-state index contributed by atoms with van der Waals surface area (Å²) in [6.45, 7) is 2.56. The second kappa shape index (κ2) is 6.62. The van der Waals surface area contributed by atoms with Gasteiger partial charge in [0.1, 0.15) is 17.1 Å². The van der Waals surface area contributed by atoms with E-state index in [4.69, 9.17) is 9.15 Å². The maximum absolute atomic E-state index is 12.2. The number of methoxy groups -OCH3 is 1. The van der Waals surface area contributed by atoms with E-state index in [9.17, 15) is 4.79 Å². The summed E-state index contributed by atoms with van der Waals surface area (Å²) in [5.41, 5.74) is 0.874. The smallest absolute Gasteiger partial charge is 0.226 e. The molecule has 1 amide bonds. The minimum Gasteiger partial charge on any atom is -0.497 e. The highest BCUT2D eigenvalue weighted by Crippen LogP contribution is 2.26. The quantitative estimate of drug-likeness (QED) is 0.870. The number of ether oxygens (including phenoxy) is 1. The predicted octanol–water partition coefficient (Wildman–Crippen LogP) is 2.74. The van der Waals surface area contributed by atoms with Gasteiger partial charge >= 0.3 is 0 Å². The van der Waals surface area contributed by atoms with E-state index in [-0.39, 0.29) is 11.8 Å². The van der Waals surface area contributed by atoms with Gasteiger partial charge in [-0.2, -0.15) is 0 Å². The first kappa shape index (κ1) is 15.9. The van der Waals surface area contributed by atoms with Gasteiger partial charge in [0.25, 0.3) is 0 Å². The number of benzene rings is 1. The van der Waals surface area contributed by atoms with E-state index in [2.05, 4.69) is 11.0 Å². The molecule has 5 heteroatoms. The molecule has 0 bridgehead atoms. The normalized spacial score (nSPS) is 19.0. The van der Waals surface area contributed by atoms with Crippen molar-refractivity contribution in [1.29, 1.82) is 0 Å². The molecule has 1 atom stereocenters. The molecule has 2 heterocycles. The third-order valence-corrected chi connectivity index (χ3v) is 4.45. The summed E-state index contributed by atoms with van der Waals surface area (Å²) in [5, 5.41) is 1.05. The van der Waals surface area contributed by atoms with Gasteiger partial charge in [0, 0.05) is 26.0 Å². The number of piperidine rings is 1. The lowest BCUT2D eigenvalue weighted by molar-refractivity contribution is -0.134. The summed E-state index contributed by atoms with van der Waals surface area (Å²) in [5.74, 6) is 2.10. The number of nitrogens with zero attached hydrogens (tertiary/aromatic N) is 2. The topological polar surface area (TPSA) is 45.9 Å². The van der Waals surface area contributed by atoms with Gasteiger partial charge in [0.15, 0.2) is 0 Å². The lowest BCUT2D eigenvalue weighted by Gasteiger charge is -2.32. The fourth-order valence-corrected chi connectivity index (χ4v) is 3.27. The highest BCUT2D eigenvalue weighted by atomic mass is 16.5. The summed E-state index contributed by atoms with van der Waals surface area (Å²) in [6.07, 6.45) is 2.03. The Bertz CT molecular complexity index is 693. The zero-order chi connectivity index (χ0) is 16.4. The third kappa shape index (κ3) is 3.50. The summed E-state index contributed by atoms with van der Waals surface area (Å²) in [7, 11) is 5.32. The number of carbonyl (C=O) groups is 1. The number of hydrogen-bond donors (Lipinski definition) is 0. The van der Waals surface area contributed by atoms with Crippen molar-refractivity contribution in [3.8, 4) is 5.75 Å². The molecule has 1 fully saturated rings. The van der Waals surface area contributed by atoms with Gasteiger partial charge < -0.3 is 14.1 Å². The van der Waals surface area contributed by atoms with E-state index in [1.807, 2.05) is 32.3 Å². The largest absolute Gasteiger partial charge is 0.497 e. The van der Waals surface area contributed by atoms with Crippen LogP contribution in [0.2, 0.25) is 0 Å². The number of furan rings is 1. The first-order chi connectivity index (χ1) is 11.1. The first-order valence-corrected chi connectivity index (χ1v) is 8.07. The van der Waals surface area contributed by atoms with Crippen LogP contribution in [0.4, 0.5) is 0 Å². The van der Waals surface area contributed by atoms with E-state index in [1.54, 1.807) is 12.0 Å². The van der Waals surface area contributed by atoms with E-state index < -0.39 is 0 Å². The van der Waals surface area contributed by atoms with Crippen LogP contribution in [0.3, 0.4) is 0 Å². The highest BCUT2D eigenvalue weighted by Gasteiger charge is 2.27. The number of likely N-dealkylation sites (tertiary alicyclic amines) is 1. The predicted molar refractivity (Wildman–Crippen MR) is 89.5 cm³/mol. The van der Waals surface area contributed by atoms with E-state index in [0.717, 1.165) is 55.0 Å². The molecule has 124 valence electrons. The molecule has 0 N–H and O–H groups in total. The average molecular weight is 316 g/mol. The molecule has 0 spiro atoms. The van der Waals surface area contributed by atoms with Crippen LogP contribution in [0.5, 0.6) is 5.75 Å². The van der Waals surface area contributed by atoms with Gasteiger partial charge in [0.2, 0.25) is 5.91 Å². The Morgan fingerprint density at radius 1 is 1.39 bits per heavy atom. The van der Waals surface area contributed by atoms with Gasteiger partial charge in [0.05, 0.1) is 19.6 Å². The standard InChI is InChI=1S/C18H24N2O3/c1-19(2)18(21)13-5-4-8-20(11-13)12-16-10-14-9-15(22-3)6-7-17(14)23-16/h6-7,9-10,13H,4-5,8,11-12H2,1-3H3. The summed E-state index contributed by atoms with van der Waals surface area (Å²) in [6, 6.07) is 7.89. The fraction of sp³-hybridized carbons (Fsp3) is 0.500. The lowest BCUT2D eigenvalue weighted by Crippen LogP contribution is -2.42. The van der Waals surface area contributed by atoms with Crippen LogP contribution in [0.1, 0.15) is 18.6 Å². The molecule has 2 aromatic rings. The highest BCUT2D eigenvalue weighted by molar-refractivity contribution is 5.80. The van der Waals surface area contributed by atoms with Crippen LogP contribution >= 0.6 is 0 Å². The molecule has 1 aromatic carbocycles. The SMILES string of the molecule is COc1ccc2oc(CN3CCCC(C(=O)N(C)C)C3)cc2c1. The van der Waals surface area contributed by atoms with E-state index in [0.29, 0.717) is 0 Å². The maximum Gasteiger partial charge on any atom is 0.226 e. The molecule has 3 rings (SSSR count). The number of carbonyl (C=O) groups excluding carboxylic acids is 1. The molecule has 1 aromatic heterocycles. The molecule has 5 nitrogen and oxygen atoms in total. The molecule has 0 aliphatic carbocycles. The van der Waals surface area contributed by atoms with Gasteiger partial charge in [-0.15, -0.1) is 0 Å². The van der Waals surface area contributed by atoms with Crippen molar-refractivity contribution >= 4 is 16.9 Å². The molecular weight excluding hydrogens is 292 g/mol. The molecule has 1 saturated heterocycles. The first-order valence-electron chi connectivity index (χ1n) is 8.07. The molecule has 0 saturated carbocycles. The van der Waals surface area contributed by atoms with Gasteiger partial charge in [-0.3, -0.25) is 9.69 Å². The van der Waals surface area contributed by atoms with E-state index in [1.165, 1.54) is 0 Å². The zero-order valence-electron chi connectivity index (χ0n) is 14.0. The Labute approximate surface area is 136 Å². The lowest BCUT2D eigenvalue weighted by atomic mass is 9.96. The number of hydrogen-bond acceptors (Lipinski definition) is 4. The molecule has 1 unspecified atom stereocenters. The second-order valence-electron chi connectivity index (χ2n) is 6.42. The van der Waals surface area contributed by atoms with Crippen molar-refractivity contribution in [2.45, 2.75) is 19.4 Å². The maximum atomic E-state index is 12.2. The van der Waals surface area contributed by atoms with Crippen molar-refractivity contribution in [2.24, 2.45) is 5.92 Å². The molecule has 1 aliphatic heterocycles. The molecule has 1 aliphatic rings. The van der Waals surface area contributed by atoms with Crippen molar-refractivity contribution in [3.05, 3.63) is 30.0 Å². The Morgan fingerprint density at radius 2 is 2.22 bits per heavy atom. The summed E-state index contributed by atoms with van der Waals surface area (Å²) < 4.78 is 11.2. The monoisotopic (exact) mass is 316 g/mol. The van der Waals surface area contributed by atoms with Gasteiger partial charge in [-0.25, -0.2) is 0 Å². The minimum absolute atomic E-state index is 0.100. The Morgan fingerprint density at radius 3 is 2.96 bits per heavy atom. The van der Waals surface area contributed by atoms with Crippen LogP contribution in [-0.2, 0) is 11.3 Å². The number of rotatable bonds is 4. The van der Waals surface area contributed by atoms with Crippen LogP contribution in [0.25, 0.3) is 11.0 Å². The summed E-state index contributed by atoms with van der Waals surface area (Å²) >= 11 is 0. The van der Waals surface area contributed by atoms with Crippen molar-refractivity contribution in [3.63, 3.8) is 0 Å². The van der Waals surface area contributed by atoms with Crippen molar-refractivity contribution in [1.82, 2.24) is 9.80 Å². The van der Waals surface area contributed by atoms with Gasteiger partial charge in [-0.05, 0) is 43.7 Å². The van der Waals surface area contributed by atoms with Gasteiger partial charge in [-0.1, -0.05) is 0 Å². The number of amides is 1. The van der Waals surface area contributed by atoms with Crippen LogP contribution in [0.15, 0.2) is 28.7 Å². The minimum atomic E-state index is 0.100. The van der Waals surface area contributed by atoms with E-state index >= 15 is 0 Å². The molecule has 23 heavy (non-hydrogen) atoms. The van der Waals surface area contributed by atoms with Crippen LogP contribution in [0, 0.1) is 5.92 Å².